The molecule has 10 nitrogen and oxygen atoms in total. The maximum atomic E-state index is 13.7. The average Bonchev–Trinajstić information content (AvgIpc) is 2.99. The van der Waals surface area contributed by atoms with Crippen LogP contribution in [0.5, 0.6) is 11.5 Å². The fraction of sp³-hybridized carbons (Fsp3) is 0.424. The lowest BCUT2D eigenvalue weighted by Gasteiger charge is -2.42. The van der Waals surface area contributed by atoms with Gasteiger partial charge < -0.3 is 36.6 Å². The molecule has 2 aromatic rings. The Morgan fingerprint density at radius 3 is 2.33 bits per heavy atom. The zero-order valence-electron chi connectivity index (χ0n) is 25.2. The summed E-state index contributed by atoms with van der Waals surface area (Å²) in [7, 11) is 1.58. The van der Waals surface area contributed by atoms with E-state index in [9.17, 15) is 24.6 Å². The molecule has 7 N–H and O–H groups in total. The predicted octanol–water partition coefficient (Wildman–Crippen LogP) is 2.57. The third kappa shape index (κ3) is 8.46. The van der Waals surface area contributed by atoms with Gasteiger partial charge in [-0.2, -0.15) is 0 Å². The molecule has 1 unspecified atom stereocenters. The van der Waals surface area contributed by atoms with E-state index in [1.54, 1.807) is 30.2 Å². The number of rotatable bonds is 16. The lowest BCUT2D eigenvalue weighted by molar-refractivity contribution is -0.132. The van der Waals surface area contributed by atoms with Crippen LogP contribution < -0.4 is 21.5 Å². The second-order valence-electron chi connectivity index (χ2n) is 11.0. The predicted molar refractivity (Wildman–Crippen MR) is 165 cm³/mol. The van der Waals surface area contributed by atoms with E-state index in [-0.39, 0.29) is 42.2 Å². The van der Waals surface area contributed by atoms with Crippen LogP contribution in [0.1, 0.15) is 44.2 Å². The summed E-state index contributed by atoms with van der Waals surface area (Å²) in [6, 6.07) is 14.0. The van der Waals surface area contributed by atoms with Crippen molar-refractivity contribution in [3.05, 3.63) is 83.0 Å². The third-order valence-electron chi connectivity index (χ3n) is 7.83. The minimum atomic E-state index is -1.63. The highest BCUT2D eigenvalue weighted by atomic mass is 16.5. The summed E-state index contributed by atoms with van der Waals surface area (Å²) in [6.45, 7) is 5.42. The van der Waals surface area contributed by atoms with E-state index >= 15 is 0 Å². The third-order valence-corrected chi connectivity index (χ3v) is 7.83. The molecular weight excluding hydrogens is 548 g/mol. The number of aliphatic hydroxyl groups excluding tert-OH is 1. The van der Waals surface area contributed by atoms with Gasteiger partial charge in [-0.15, -0.1) is 0 Å². The number of primary amides is 2. The van der Waals surface area contributed by atoms with Crippen molar-refractivity contribution in [2.75, 3.05) is 26.7 Å². The van der Waals surface area contributed by atoms with Crippen LogP contribution >= 0.6 is 0 Å². The van der Waals surface area contributed by atoms with Crippen molar-refractivity contribution < 1.29 is 29.3 Å². The van der Waals surface area contributed by atoms with Gasteiger partial charge in [-0.1, -0.05) is 44.2 Å². The number of hydrogen-bond donors (Lipinski definition) is 5. The number of ether oxygens (including phenoxy) is 1. The van der Waals surface area contributed by atoms with Crippen molar-refractivity contribution in [1.29, 1.82) is 0 Å². The standard InChI is InChI=1S/C33H44N4O6/c1-4-12-37(13-5-2)31(41)25-17-24(30(34)40)18-33(19-25,32(35)42)28(16-22-8-6-10-26(38)14-22)29(39)21-36-20-23-9-7-11-27(15-23)43-3/h6-11,14-15,17-18,28-29,36,38-39H,4-5,12-13,16,19-21H2,1-3H3,(H2,34,40)(H2,35,42)/t28-,29+,33?/m1/s1. The number of aromatic hydroxyl groups is 1. The Labute approximate surface area is 253 Å². The molecule has 0 saturated carbocycles. The molecule has 10 heteroatoms. The molecule has 3 rings (SSSR count). The SMILES string of the molecule is CCCN(CCC)C(=O)C1=CC(C(N)=O)=CC(C(N)=O)([C@H](Cc2cccc(O)c2)[C@@H](O)CNCc2cccc(OC)c2)C1. The Kier molecular flexibility index (Phi) is 11.9. The topological polar surface area (TPSA) is 168 Å². The highest BCUT2D eigenvalue weighted by Crippen LogP contribution is 2.44. The Morgan fingerprint density at radius 2 is 1.72 bits per heavy atom. The average molecular weight is 593 g/mol. The first-order chi connectivity index (χ1) is 20.5. The number of nitrogens with one attached hydrogen (secondary N) is 1. The van der Waals surface area contributed by atoms with E-state index in [4.69, 9.17) is 16.2 Å². The molecule has 0 bridgehead atoms. The molecule has 0 heterocycles. The minimum absolute atomic E-state index is 0.0150. The Bertz CT molecular complexity index is 1350. The first-order valence-corrected chi connectivity index (χ1v) is 14.7. The highest BCUT2D eigenvalue weighted by molar-refractivity contribution is 6.03. The van der Waals surface area contributed by atoms with Crippen LogP contribution in [0, 0.1) is 11.3 Å². The van der Waals surface area contributed by atoms with E-state index in [1.807, 2.05) is 38.1 Å². The summed E-state index contributed by atoms with van der Waals surface area (Å²) >= 11 is 0. The zero-order chi connectivity index (χ0) is 31.6. The normalized spacial score (nSPS) is 17.8. The number of phenols is 1. The number of benzene rings is 2. The van der Waals surface area contributed by atoms with E-state index in [0.717, 1.165) is 18.4 Å². The number of methoxy groups -OCH3 is 1. The molecule has 3 atom stereocenters. The number of carbonyl (C=O) groups excluding carboxylic acids is 3. The number of aliphatic hydroxyl groups is 1. The first-order valence-electron chi connectivity index (χ1n) is 14.7. The number of nitrogens with two attached hydrogens (primary N) is 2. The summed E-state index contributed by atoms with van der Waals surface area (Å²) in [5, 5.41) is 25.1. The van der Waals surface area contributed by atoms with Gasteiger partial charge in [0.2, 0.25) is 17.7 Å². The lowest BCUT2D eigenvalue weighted by Crippen LogP contribution is -2.52. The van der Waals surface area contributed by atoms with E-state index < -0.39 is 29.3 Å². The molecule has 0 radical (unpaired) electrons. The maximum absolute atomic E-state index is 13.7. The molecule has 0 aliphatic heterocycles. The molecular formula is C33H44N4O6. The van der Waals surface area contributed by atoms with Gasteiger partial charge in [0.05, 0.1) is 18.6 Å². The van der Waals surface area contributed by atoms with Gasteiger partial charge in [-0.25, -0.2) is 0 Å². The summed E-state index contributed by atoms with van der Waals surface area (Å²) < 4.78 is 5.29. The van der Waals surface area contributed by atoms with Crippen LogP contribution in [0.3, 0.4) is 0 Å². The van der Waals surface area contributed by atoms with Crippen molar-refractivity contribution in [2.24, 2.45) is 22.8 Å². The van der Waals surface area contributed by atoms with Crippen LogP contribution in [0.2, 0.25) is 0 Å². The second-order valence-corrected chi connectivity index (χ2v) is 11.0. The fourth-order valence-electron chi connectivity index (χ4n) is 5.73. The van der Waals surface area contributed by atoms with E-state index in [0.29, 0.717) is 30.9 Å². The lowest BCUT2D eigenvalue weighted by atomic mass is 9.63. The van der Waals surface area contributed by atoms with Gasteiger partial charge in [-0.05, 0) is 67.2 Å². The second kappa shape index (κ2) is 15.4. The van der Waals surface area contributed by atoms with Crippen molar-refractivity contribution >= 4 is 17.7 Å². The smallest absolute Gasteiger partial charge is 0.249 e. The van der Waals surface area contributed by atoms with Gasteiger partial charge in [0.1, 0.15) is 11.5 Å². The van der Waals surface area contributed by atoms with Crippen LogP contribution in [-0.2, 0) is 27.3 Å². The van der Waals surface area contributed by atoms with Gasteiger partial charge in [0, 0.05) is 43.2 Å². The van der Waals surface area contributed by atoms with Crippen molar-refractivity contribution in [3.8, 4) is 11.5 Å². The Hall–Kier alpha value is -4.15. The van der Waals surface area contributed by atoms with Gasteiger partial charge >= 0.3 is 0 Å². The zero-order valence-corrected chi connectivity index (χ0v) is 25.2. The minimum Gasteiger partial charge on any atom is -0.508 e. The molecule has 0 spiro atoms. The first kappa shape index (κ1) is 33.4. The molecule has 232 valence electrons. The van der Waals surface area contributed by atoms with E-state index in [1.165, 1.54) is 18.2 Å². The van der Waals surface area contributed by atoms with Crippen LogP contribution in [0.15, 0.2) is 71.8 Å². The van der Waals surface area contributed by atoms with Gasteiger partial charge in [-0.3, -0.25) is 14.4 Å². The van der Waals surface area contributed by atoms with E-state index in [2.05, 4.69) is 5.32 Å². The quantitative estimate of drug-likeness (QED) is 0.200. The highest BCUT2D eigenvalue weighted by Gasteiger charge is 2.49. The van der Waals surface area contributed by atoms with Crippen LogP contribution in [-0.4, -0.2) is 65.7 Å². The van der Waals surface area contributed by atoms with Crippen molar-refractivity contribution in [1.82, 2.24) is 10.2 Å². The molecule has 0 saturated heterocycles. The van der Waals surface area contributed by atoms with Gasteiger partial charge in [0.15, 0.2) is 0 Å². The van der Waals surface area contributed by atoms with Crippen LogP contribution in [0.25, 0.3) is 0 Å². The summed E-state index contributed by atoms with van der Waals surface area (Å²) in [4.78, 5) is 41.5. The number of nitrogens with zero attached hydrogens (tertiary/aromatic N) is 1. The van der Waals surface area contributed by atoms with Crippen molar-refractivity contribution in [3.63, 3.8) is 0 Å². The summed E-state index contributed by atoms with van der Waals surface area (Å²) in [5.74, 6) is -2.07. The number of carbonyl (C=O) groups is 3. The van der Waals surface area contributed by atoms with Crippen molar-refractivity contribution in [2.45, 2.75) is 52.2 Å². The Morgan fingerprint density at radius 1 is 1.05 bits per heavy atom. The number of phenolic OH excluding ortho intramolecular Hbond substituents is 1. The Balaban J connectivity index is 2.03. The fourth-order valence-corrected chi connectivity index (χ4v) is 5.73. The molecule has 43 heavy (non-hydrogen) atoms. The summed E-state index contributed by atoms with van der Waals surface area (Å²) in [5.41, 5.74) is 12.0. The molecule has 0 aromatic heterocycles. The maximum Gasteiger partial charge on any atom is 0.249 e. The molecule has 0 fully saturated rings. The number of hydrogen-bond acceptors (Lipinski definition) is 7. The van der Waals surface area contributed by atoms with Crippen LogP contribution in [0.4, 0.5) is 0 Å². The molecule has 3 amide bonds. The molecule has 1 aliphatic rings. The van der Waals surface area contributed by atoms with Gasteiger partial charge in [0.25, 0.3) is 0 Å². The largest absolute Gasteiger partial charge is 0.508 e. The molecule has 1 aliphatic carbocycles. The monoisotopic (exact) mass is 592 g/mol. The molecule has 2 aromatic carbocycles. The number of amides is 3. The summed E-state index contributed by atoms with van der Waals surface area (Å²) in [6.07, 6.45) is 3.17.